The molecule has 0 unspecified atom stereocenters. The molecule has 2 rings (SSSR count). The van der Waals surface area contributed by atoms with Gasteiger partial charge >= 0.3 is 0 Å². The maximum Gasteiger partial charge on any atom is 0.158 e. The van der Waals surface area contributed by atoms with Gasteiger partial charge < -0.3 is 10.1 Å². The molecule has 0 bridgehead atoms. The lowest BCUT2D eigenvalue weighted by atomic mass is 10.3. The number of aromatic nitrogens is 2. The zero-order valence-electron chi connectivity index (χ0n) is 9.95. The Morgan fingerprint density at radius 3 is 2.74 bits per heavy atom. The highest BCUT2D eigenvalue weighted by Gasteiger charge is 2.05. The van der Waals surface area contributed by atoms with Gasteiger partial charge in [-0.2, -0.15) is 0 Å². The van der Waals surface area contributed by atoms with Crippen LogP contribution in [0.1, 0.15) is 5.82 Å². The number of nitrogens with one attached hydrogen (secondary N) is 1. The minimum atomic E-state index is -0.510. The summed E-state index contributed by atoms with van der Waals surface area (Å²) in [4.78, 5) is 8.17. The van der Waals surface area contributed by atoms with Gasteiger partial charge in [-0.1, -0.05) is 23.2 Å². The molecule has 0 aliphatic heterocycles. The molecule has 0 radical (unpaired) electrons. The monoisotopic (exact) mass is 301 g/mol. The van der Waals surface area contributed by atoms with E-state index in [0.29, 0.717) is 17.3 Å². The second kappa shape index (κ2) is 6.14. The van der Waals surface area contributed by atoms with E-state index < -0.39 is 5.82 Å². The standard InChI is InChI=1S/C12H10Cl2FN3O/c1-19-6-12-17-10(14)5-11(18-12)16-7-2-3-8(13)9(15)4-7/h2-5H,6H2,1H3,(H,16,17,18). The van der Waals surface area contributed by atoms with Crippen LogP contribution in [0.2, 0.25) is 10.2 Å². The van der Waals surface area contributed by atoms with E-state index in [1.165, 1.54) is 25.3 Å². The van der Waals surface area contributed by atoms with Crippen molar-refractivity contribution in [2.24, 2.45) is 0 Å². The number of hydrogen-bond donors (Lipinski definition) is 1. The van der Waals surface area contributed by atoms with Crippen molar-refractivity contribution in [2.45, 2.75) is 6.61 Å². The first-order chi connectivity index (χ1) is 9.08. The summed E-state index contributed by atoms with van der Waals surface area (Å²) >= 11 is 11.5. The summed E-state index contributed by atoms with van der Waals surface area (Å²) in [6.07, 6.45) is 0. The van der Waals surface area contributed by atoms with Crippen molar-refractivity contribution in [3.63, 3.8) is 0 Å². The van der Waals surface area contributed by atoms with Crippen LogP contribution in [0.5, 0.6) is 0 Å². The second-order valence-corrected chi connectivity index (χ2v) is 4.47. The topological polar surface area (TPSA) is 47.0 Å². The van der Waals surface area contributed by atoms with E-state index in [2.05, 4.69) is 15.3 Å². The largest absolute Gasteiger partial charge is 0.377 e. The van der Waals surface area contributed by atoms with Gasteiger partial charge in [0, 0.05) is 18.9 Å². The average Bonchev–Trinajstić information content (AvgIpc) is 2.33. The summed E-state index contributed by atoms with van der Waals surface area (Å²) in [5.74, 6) is 0.379. The molecule has 1 aromatic carbocycles. The fourth-order valence-electron chi connectivity index (χ4n) is 1.44. The van der Waals surface area contributed by atoms with Crippen LogP contribution in [0.25, 0.3) is 0 Å². The fraction of sp³-hybridized carbons (Fsp3) is 0.167. The number of halogens is 3. The van der Waals surface area contributed by atoms with E-state index in [-0.39, 0.29) is 16.8 Å². The molecule has 4 nitrogen and oxygen atoms in total. The Labute approximate surface area is 119 Å². The molecule has 0 saturated heterocycles. The van der Waals surface area contributed by atoms with E-state index in [4.69, 9.17) is 27.9 Å². The number of hydrogen-bond acceptors (Lipinski definition) is 4. The third-order valence-electron chi connectivity index (χ3n) is 2.21. The zero-order chi connectivity index (χ0) is 13.8. The van der Waals surface area contributed by atoms with Crippen LogP contribution in [-0.4, -0.2) is 17.1 Å². The normalized spacial score (nSPS) is 10.5. The molecular weight excluding hydrogens is 292 g/mol. The molecule has 0 spiro atoms. The van der Waals surface area contributed by atoms with Crippen LogP contribution in [-0.2, 0) is 11.3 Å². The van der Waals surface area contributed by atoms with Crippen molar-refractivity contribution < 1.29 is 9.13 Å². The minimum absolute atomic E-state index is 0.0614. The molecule has 0 aliphatic carbocycles. The lowest BCUT2D eigenvalue weighted by Gasteiger charge is -2.08. The molecule has 1 aromatic heterocycles. The van der Waals surface area contributed by atoms with Crippen molar-refractivity contribution in [1.82, 2.24) is 9.97 Å². The van der Waals surface area contributed by atoms with Crippen molar-refractivity contribution in [3.05, 3.63) is 46.1 Å². The molecule has 19 heavy (non-hydrogen) atoms. The average molecular weight is 302 g/mol. The van der Waals surface area contributed by atoms with E-state index in [1.54, 1.807) is 6.07 Å². The molecule has 0 fully saturated rings. The van der Waals surface area contributed by atoms with E-state index in [9.17, 15) is 4.39 Å². The van der Waals surface area contributed by atoms with Crippen LogP contribution in [0.15, 0.2) is 24.3 Å². The predicted octanol–water partition coefficient (Wildman–Crippen LogP) is 3.81. The number of anilines is 2. The number of rotatable bonds is 4. The molecule has 1 N–H and O–H groups in total. The third-order valence-corrected chi connectivity index (χ3v) is 2.71. The third kappa shape index (κ3) is 3.76. The van der Waals surface area contributed by atoms with Crippen LogP contribution in [0.3, 0.4) is 0 Å². The minimum Gasteiger partial charge on any atom is -0.377 e. The number of benzene rings is 1. The Balaban J connectivity index is 2.24. The van der Waals surface area contributed by atoms with Crippen molar-refractivity contribution in [1.29, 1.82) is 0 Å². The molecule has 100 valence electrons. The van der Waals surface area contributed by atoms with Gasteiger partial charge in [-0.25, -0.2) is 14.4 Å². The summed E-state index contributed by atoms with van der Waals surface area (Å²) < 4.78 is 18.2. The Hall–Kier alpha value is -1.43. The Kier molecular flexibility index (Phi) is 4.52. The highest BCUT2D eigenvalue weighted by atomic mass is 35.5. The maximum absolute atomic E-state index is 13.3. The van der Waals surface area contributed by atoms with Gasteiger partial charge in [0.2, 0.25) is 0 Å². The van der Waals surface area contributed by atoms with E-state index in [0.717, 1.165) is 0 Å². The Morgan fingerprint density at radius 2 is 2.05 bits per heavy atom. The summed E-state index contributed by atoms with van der Waals surface area (Å²) in [6, 6.07) is 5.90. The van der Waals surface area contributed by atoms with Gasteiger partial charge in [-0.3, -0.25) is 0 Å². The highest BCUT2D eigenvalue weighted by Crippen LogP contribution is 2.22. The summed E-state index contributed by atoms with van der Waals surface area (Å²) in [5, 5.41) is 3.26. The molecule has 1 heterocycles. The second-order valence-electron chi connectivity index (χ2n) is 3.68. The highest BCUT2D eigenvalue weighted by molar-refractivity contribution is 6.30. The van der Waals surface area contributed by atoms with Gasteiger partial charge in [0.05, 0.1) is 5.02 Å². The summed E-state index contributed by atoms with van der Waals surface area (Å²) in [5.41, 5.74) is 0.514. The lowest BCUT2D eigenvalue weighted by molar-refractivity contribution is 0.178. The number of nitrogens with zero attached hydrogens (tertiary/aromatic N) is 2. The Bertz CT molecular complexity index is 595. The number of methoxy groups -OCH3 is 1. The lowest BCUT2D eigenvalue weighted by Crippen LogP contribution is -2.01. The van der Waals surface area contributed by atoms with E-state index in [1.807, 2.05) is 0 Å². The maximum atomic E-state index is 13.3. The molecular formula is C12H10Cl2FN3O. The van der Waals surface area contributed by atoms with Crippen molar-refractivity contribution in [3.8, 4) is 0 Å². The molecule has 0 saturated carbocycles. The number of ether oxygens (including phenoxy) is 1. The molecule has 7 heteroatoms. The van der Waals surface area contributed by atoms with Crippen molar-refractivity contribution in [2.75, 3.05) is 12.4 Å². The first kappa shape index (κ1) is 14.0. The quantitative estimate of drug-likeness (QED) is 0.872. The van der Waals surface area contributed by atoms with Crippen LogP contribution in [0.4, 0.5) is 15.9 Å². The van der Waals surface area contributed by atoms with Gasteiger partial charge in [-0.05, 0) is 18.2 Å². The summed E-state index contributed by atoms with van der Waals surface area (Å²) in [6.45, 7) is 0.240. The molecule has 0 aliphatic rings. The van der Waals surface area contributed by atoms with Crippen molar-refractivity contribution >= 4 is 34.7 Å². The predicted molar refractivity (Wildman–Crippen MR) is 72.4 cm³/mol. The first-order valence-electron chi connectivity index (χ1n) is 5.33. The van der Waals surface area contributed by atoms with Crippen LogP contribution >= 0.6 is 23.2 Å². The fourth-order valence-corrected chi connectivity index (χ4v) is 1.76. The van der Waals surface area contributed by atoms with Gasteiger partial charge in [0.1, 0.15) is 23.4 Å². The van der Waals surface area contributed by atoms with Gasteiger partial charge in [-0.15, -0.1) is 0 Å². The van der Waals surface area contributed by atoms with Gasteiger partial charge in [0.15, 0.2) is 5.82 Å². The van der Waals surface area contributed by atoms with Gasteiger partial charge in [0.25, 0.3) is 0 Å². The van der Waals surface area contributed by atoms with E-state index >= 15 is 0 Å². The zero-order valence-corrected chi connectivity index (χ0v) is 11.5. The molecule has 2 aromatic rings. The molecule has 0 atom stereocenters. The van der Waals surface area contributed by atoms with Crippen LogP contribution < -0.4 is 5.32 Å². The smallest absolute Gasteiger partial charge is 0.158 e. The Morgan fingerprint density at radius 1 is 1.26 bits per heavy atom. The SMILES string of the molecule is COCc1nc(Cl)cc(Nc2ccc(Cl)c(F)c2)n1. The first-order valence-corrected chi connectivity index (χ1v) is 6.08. The molecule has 0 amide bonds. The van der Waals surface area contributed by atoms with Crippen LogP contribution in [0, 0.1) is 5.82 Å². The summed E-state index contributed by atoms with van der Waals surface area (Å²) in [7, 11) is 1.53.